The van der Waals surface area contributed by atoms with E-state index in [-0.39, 0.29) is 5.97 Å². The van der Waals surface area contributed by atoms with Gasteiger partial charge in [-0.25, -0.2) is 9.97 Å². The van der Waals surface area contributed by atoms with Crippen molar-refractivity contribution in [2.45, 2.75) is 52.9 Å². The quantitative estimate of drug-likeness (QED) is 0.289. The van der Waals surface area contributed by atoms with Gasteiger partial charge < -0.3 is 4.74 Å². The maximum absolute atomic E-state index is 12.5. The van der Waals surface area contributed by atoms with Crippen LogP contribution in [-0.2, 0) is 17.6 Å². The third-order valence-electron chi connectivity index (χ3n) is 5.97. The minimum absolute atomic E-state index is 0.245. The minimum Gasteiger partial charge on any atom is -0.424 e. The van der Waals surface area contributed by atoms with Crippen molar-refractivity contribution in [3.8, 4) is 11.4 Å². The van der Waals surface area contributed by atoms with Crippen molar-refractivity contribution >= 4 is 33.7 Å². The lowest BCUT2D eigenvalue weighted by atomic mass is 10.1. The normalized spacial score (nSPS) is 11.6. The first-order valence-electron chi connectivity index (χ1n) is 11.8. The Morgan fingerprint density at radius 3 is 2.61 bits per heavy atom. The Balaban J connectivity index is 1.87. The third-order valence-corrected chi connectivity index (χ3v) is 5.97. The highest BCUT2D eigenvalue weighted by molar-refractivity contribution is 6.01. The van der Waals surface area contributed by atoms with E-state index in [0.29, 0.717) is 12.2 Å². The monoisotopic (exact) mass is 440 g/mol. The topological polar surface area (TPSA) is 61.4 Å². The average molecular weight is 441 g/mol. The molecule has 0 saturated carbocycles. The zero-order valence-electron chi connectivity index (χ0n) is 19.3. The van der Waals surface area contributed by atoms with E-state index in [4.69, 9.17) is 14.7 Å². The van der Waals surface area contributed by atoms with E-state index in [2.05, 4.69) is 48.6 Å². The molecule has 6 nitrogen and oxygen atoms in total. The molecule has 0 bridgehead atoms. The second-order valence-electron chi connectivity index (χ2n) is 8.35. The number of rotatable bonds is 7. The van der Waals surface area contributed by atoms with Gasteiger partial charge >= 0.3 is 5.97 Å². The molecular formula is C27H28N4O2. The number of nitrogens with zero attached hydrogens (tertiary/aromatic N) is 4. The molecule has 0 radical (unpaired) electrons. The molecular weight excluding hydrogens is 412 g/mol. The Morgan fingerprint density at radius 1 is 0.970 bits per heavy atom. The van der Waals surface area contributed by atoms with Crippen molar-refractivity contribution in [2.75, 3.05) is 0 Å². The molecule has 33 heavy (non-hydrogen) atoms. The first kappa shape index (κ1) is 21.2. The summed E-state index contributed by atoms with van der Waals surface area (Å²) in [7, 11) is 0. The molecule has 0 aliphatic carbocycles. The number of carbonyl (C=O) groups excluding carboxylic acids is 1. The minimum atomic E-state index is -0.245. The number of hydrogen-bond acceptors (Lipinski definition) is 4. The van der Waals surface area contributed by atoms with Crippen molar-refractivity contribution in [3.63, 3.8) is 0 Å². The van der Waals surface area contributed by atoms with Gasteiger partial charge in [0, 0.05) is 18.5 Å². The molecule has 0 aliphatic rings. The molecule has 0 amide bonds. The predicted octanol–water partition coefficient (Wildman–Crippen LogP) is 6.05. The number of carbonyl (C=O) groups is 1. The van der Waals surface area contributed by atoms with Crippen LogP contribution >= 0.6 is 0 Å². The van der Waals surface area contributed by atoms with E-state index in [1.807, 2.05) is 35.9 Å². The highest BCUT2D eigenvalue weighted by atomic mass is 16.5. The van der Waals surface area contributed by atoms with Crippen LogP contribution in [0.25, 0.3) is 33.4 Å². The van der Waals surface area contributed by atoms with Gasteiger partial charge in [0.05, 0.1) is 17.2 Å². The lowest BCUT2D eigenvalue weighted by molar-refractivity contribution is -0.134. The van der Waals surface area contributed by atoms with Gasteiger partial charge in [-0.3, -0.25) is 13.8 Å². The second-order valence-corrected chi connectivity index (χ2v) is 8.35. The number of ether oxygens (including phenoxy) is 1. The van der Waals surface area contributed by atoms with Crippen LogP contribution in [0.5, 0.6) is 5.75 Å². The molecule has 0 fully saturated rings. The SMILES string of the molecule is CCCC(=O)Oc1cn(-c2cccc(CC)c2)c2nc(CCC)n3c4ccccc4nc3c12. The summed E-state index contributed by atoms with van der Waals surface area (Å²) in [5.74, 6) is 1.21. The molecule has 0 spiro atoms. The van der Waals surface area contributed by atoms with Crippen LogP contribution in [0.1, 0.15) is 51.4 Å². The molecule has 5 aromatic rings. The third kappa shape index (κ3) is 3.65. The fourth-order valence-corrected chi connectivity index (χ4v) is 4.39. The number of fused-ring (bicyclic) bond motifs is 5. The summed E-state index contributed by atoms with van der Waals surface area (Å²) in [5.41, 5.74) is 5.67. The number of hydrogen-bond donors (Lipinski definition) is 0. The molecule has 0 atom stereocenters. The summed E-state index contributed by atoms with van der Waals surface area (Å²) in [4.78, 5) is 22.6. The number of para-hydroxylation sites is 2. The first-order valence-corrected chi connectivity index (χ1v) is 11.8. The number of esters is 1. The second kappa shape index (κ2) is 8.70. The van der Waals surface area contributed by atoms with Gasteiger partial charge in [0.1, 0.15) is 11.2 Å². The predicted molar refractivity (Wildman–Crippen MR) is 131 cm³/mol. The summed E-state index contributed by atoms with van der Waals surface area (Å²) in [6, 6.07) is 16.5. The standard InChI is InChI=1S/C27H28N4O2/c1-4-10-23-29-26-25(27-28-20-14-7-8-15-21(20)31(23)27)22(33-24(32)11-5-2)17-30(26)19-13-9-12-18(6-3)16-19/h7-9,12-17H,4-6,10-11H2,1-3H3. The number of aryl methyl sites for hydroxylation is 2. The molecule has 3 heterocycles. The van der Waals surface area contributed by atoms with Gasteiger partial charge in [-0.05, 0) is 49.1 Å². The van der Waals surface area contributed by atoms with Crippen molar-refractivity contribution in [1.82, 2.24) is 18.9 Å². The van der Waals surface area contributed by atoms with Gasteiger partial charge in [0.25, 0.3) is 0 Å². The van der Waals surface area contributed by atoms with Crippen molar-refractivity contribution in [1.29, 1.82) is 0 Å². The number of imidazole rings is 1. The van der Waals surface area contributed by atoms with E-state index in [1.54, 1.807) is 0 Å². The molecule has 0 N–H and O–H groups in total. The number of benzene rings is 2. The van der Waals surface area contributed by atoms with Gasteiger partial charge in [-0.1, -0.05) is 45.0 Å². The van der Waals surface area contributed by atoms with Crippen LogP contribution in [0.4, 0.5) is 0 Å². The molecule has 0 aliphatic heterocycles. The molecule has 0 unspecified atom stereocenters. The average Bonchev–Trinajstić information content (AvgIpc) is 3.38. The highest BCUT2D eigenvalue weighted by Crippen LogP contribution is 2.35. The van der Waals surface area contributed by atoms with Crippen LogP contribution in [0.3, 0.4) is 0 Å². The lowest BCUT2D eigenvalue weighted by Crippen LogP contribution is -2.07. The largest absolute Gasteiger partial charge is 0.424 e. The van der Waals surface area contributed by atoms with E-state index < -0.39 is 0 Å². The maximum Gasteiger partial charge on any atom is 0.311 e. The van der Waals surface area contributed by atoms with Crippen LogP contribution < -0.4 is 4.74 Å². The smallest absolute Gasteiger partial charge is 0.311 e. The molecule has 5 rings (SSSR count). The highest BCUT2D eigenvalue weighted by Gasteiger charge is 2.22. The number of aromatic nitrogens is 4. The lowest BCUT2D eigenvalue weighted by Gasteiger charge is -2.10. The van der Waals surface area contributed by atoms with Gasteiger partial charge in [-0.15, -0.1) is 0 Å². The Bertz CT molecular complexity index is 1480. The summed E-state index contributed by atoms with van der Waals surface area (Å²) in [6.07, 6.45) is 5.71. The summed E-state index contributed by atoms with van der Waals surface area (Å²) in [6.45, 7) is 6.26. The van der Waals surface area contributed by atoms with Crippen LogP contribution in [0.15, 0.2) is 54.7 Å². The van der Waals surface area contributed by atoms with Gasteiger partial charge in [-0.2, -0.15) is 0 Å². The summed E-state index contributed by atoms with van der Waals surface area (Å²) >= 11 is 0. The zero-order chi connectivity index (χ0) is 22.9. The van der Waals surface area contributed by atoms with Crippen LogP contribution in [0.2, 0.25) is 0 Å². The van der Waals surface area contributed by atoms with Gasteiger partial charge in [0.2, 0.25) is 0 Å². The van der Waals surface area contributed by atoms with Crippen molar-refractivity contribution in [2.24, 2.45) is 0 Å². The maximum atomic E-state index is 12.5. The molecule has 168 valence electrons. The first-order chi connectivity index (χ1) is 16.1. The van der Waals surface area contributed by atoms with Gasteiger partial charge in [0.15, 0.2) is 17.0 Å². The van der Waals surface area contributed by atoms with Crippen molar-refractivity contribution < 1.29 is 9.53 Å². The molecule has 3 aromatic heterocycles. The Hall–Kier alpha value is -3.67. The Kier molecular flexibility index (Phi) is 5.58. The van der Waals surface area contributed by atoms with Crippen LogP contribution in [-0.4, -0.2) is 24.9 Å². The Labute approximate surface area is 192 Å². The van der Waals surface area contributed by atoms with E-state index >= 15 is 0 Å². The summed E-state index contributed by atoms with van der Waals surface area (Å²) < 4.78 is 10.0. The van der Waals surface area contributed by atoms with Crippen molar-refractivity contribution in [3.05, 3.63) is 66.1 Å². The molecule has 2 aromatic carbocycles. The zero-order valence-corrected chi connectivity index (χ0v) is 19.3. The van der Waals surface area contributed by atoms with E-state index in [9.17, 15) is 4.79 Å². The molecule has 6 heteroatoms. The Morgan fingerprint density at radius 2 is 1.82 bits per heavy atom. The van der Waals surface area contributed by atoms with E-state index in [1.165, 1.54) is 5.56 Å². The van der Waals surface area contributed by atoms with E-state index in [0.717, 1.165) is 64.9 Å². The molecule has 0 saturated heterocycles. The van der Waals surface area contributed by atoms with Crippen LogP contribution in [0, 0.1) is 0 Å². The summed E-state index contributed by atoms with van der Waals surface area (Å²) in [5, 5.41) is 0.761. The fraction of sp³-hybridized carbons (Fsp3) is 0.296. The fourth-order valence-electron chi connectivity index (χ4n) is 4.39.